The van der Waals surface area contributed by atoms with E-state index in [0.29, 0.717) is 0 Å². The monoisotopic (exact) mass is 197 g/mol. The smallest absolute Gasteiger partial charge is 0.0704 e. The molecule has 76 valence electrons. The van der Waals surface area contributed by atoms with Gasteiger partial charge in [-0.25, -0.2) is 0 Å². The maximum absolute atomic E-state index is 4.41. The summed E-state index contributed by atoms with van der Waals surface area (Å²) in [5, 5.41) is 1.28. The highest BCUT2D eigenvalue weighted by Gasteiger charge is 2.15. The van der Waals surface area contributed by atoms with Gasteiger partial charge in [0.2, 0.25) is 0 Å². The van der Waals surface area contributed by atoms with Crippen molar-refractivity contribution in [2.75, 3.05) is 0 Å². The van der Waals surface area contributed by atoms with Crippen LogP contribution in [0.5, 0.6) is 0 Å². The van der Waals surface area contributed by atoms with E-state index < -0.39 is 0 Å². The van der Waals surface area contributed by atoms with E-state index in [2.05, 4.69) is 30.1 Å². The normalized spacial score (nSPS) is 20.2. The van der Waals surface area contributed by atoms with Gasteiger partial charge in [0.05, 0.1) is 5.52 Å². The standard InChI is InChI=1S/C14H15N/c1-10-4-5-11-9-14-12(3-2-6-15-14)8-13(11)7-10/h2-3,6,8-10H,4-5,7H2,1H3. The van der Waals surface area contributed by atoms with Crippen LogP contribution in [0, 0.1) is 5.92 Å². The zero-order valence-corrected chi connectivity index (χ0v) is 9.03. The van der Waals surface area contributed by atoms with Crippen LogP contribution in [0.2, 0.25) is 0 Å². The van der Waals surface area contributed by atoms with Crippen molar-refractivity contribution in [3.8, 4) is 0 Å². The average molecular weight is 197 g/mol. The van der Waals surface area contributed by atoms with E-state index in [0.717, 1.165) is 11.4 Å². The quantitative estimate of drug-likeness (QED) is 0.631. The van der Waals surface area contributed by atoms with Crippen molar-refractivity contribution in [1.29, 1.82) is 0 Å². The van der Waals surface area contributed by atoms with Crippen LogP contribution >= 0.6 is 0 Å². The molecule has 0 saturated heterocycles. The summed E-state index contributed by atoms with van der Waals surface area (Å²) in [6.07, 6.45) is 5.66. The Labute approximate surface area is 90.2 Å². The number of nitrogens with zero attached hydrogens (tertiary/aromatic N) is 1. The van der Waals surface area contributed by atoms with Crippen molar-refractivity contribution >= 4 is 10.9 Å². The highest BCUT2D eigenvalue weighted by molar-refractivity contribution is 5.80. The van der Waals surface area contributed by atoms with Gasteiger partial charge in [0.15, 0.2) is 0 Å². The van der Waals surface area contributed by atoms with Crippen LogP contribution in [0.3, 0.4) is 0 Å². The summed E-state index contributed by atoms with van der Waals surface area (Å²) in [6.45, 7) is 2.34. The van der Waals surface area contributed by atoms with Gasteiger partial charge in [-0.3, -0.25) is 4.98 Å². The predicted molar refractivity (Wildman–Crippen MR) is 62.9 cm³/mol. The third kappa shape index (κ3) is 1.52. The van der Waals surface area contributed by atoms with Gasteiger partial charge in [-0.2, -0.15) is 0 Å². The summed E-state index contributed by atoms with van der Waals surface area (Å²) in [5.41, 5.74) is 4.19. The minimum Gasteiger partial charge on any atom is -0.256 e. The predicted octanol–water partition coefficient (Wildman–Crippen LogP) is 3.36. The number of fused-ring (bicyclic) bond motifs is 2. The molecular weight excluding hydrogens is 182 g/mol. The Morgan fingerprint density at radius 2 is 2.20 bits per heavy atom. The molecule has 0 aliphatic heterocycles. The van der Waals surface area contributed by atoms with Gasteiger partial charge in [0.1, 0.15) is 0 Å². The maximum atomic E-state index is 4.41. The number of aromatic nitrogens is 1. The second kappa shape index (κ2) is 3.34. The van der Waals surface area contributed by atoms with Crippen LogP contribution in [0.25, 0.3) is 10.9 Å². The Balaban J connectivity index is 2.20. The molecule has 0 spiro atoms. The van der Waals surface area contributed by atoms with Crippen LogP contribution in [0.4, 0.5) is 0 Å². The fourth-order valence-electron chi connectivity index (χ4n) is 2.51. The minimum atomic E-state index is 0.839. The van der Waals surface area contributed by atoms with E-state index in [1.54, 1.807) is 0 Å². The lowest BCUT2D eigenvalue weighted by molar-refractivity contribution is 0.502. The van der Waals surface area contributed by atoms with E-state index in [4.69, 9.17) is 0 Å². The lowest BCUT2D eigenvalue weighted by atomic mass is 9.84. The first-order valence-electron chi connectivity index (χ1n) is 5.69. The molecule has 1 unspecified atom stereocenters. The number of hydrogen-bond donors (Lipinski definition) is 0. The highest BCUT2D eigenvalue weighted by Crippen LogP contribution is 2.28. The molecular formula is C14H15N. The van der Waals surface area contributed by atoms with Crippen LogP contribution in [-0.2, 0) is 12.8 Å². The first-order valence-corrected chi connectivity index (χ1v) is 5.69. The molecule has 0 bridgehead atoms. The van der Waals surface area contributed by atoms with Crippen molar-refractivity contribution in [1.82, 2.24) is 4.98 Å². The third-order valence-corrected chi connectivity index (χ3v) is 3.40. The Bertz CT molecular complexity index is 502. The molecule has 0 saturated carbocycles. The zero-order chi connectivity index (χ0) is 10.3. The molecule has 1 aromatic heterocycles. The van der Waals surface area contributed by atoms with Crippen LogP contribution in [-0.4, -0.2) is 4.98 Å². The average Bonchev–Trinajstić information content (AvgIpc) is 2.26. The molecule has 2 aromatic rings. The van der Waals surface area contributed by atoms with Crippen LogP contribution in [0.1, 0.15) is 24.5 Å². The fourth-order valence-corrected chi connectivity index (χ4v) is 2.51. The molecule has 1 nitrogen and oxygen atoms in total. The molecule has 3 rings (SSSR count). The number of aryl methyl sites for hydroxylation is 1. The largest absolute Gasteiger partial charge is 0.256 e. The fraction of sp³-hybridized carbons (Fsp3) is 0.357. The molecule has 1 aromatic carbocycles. The SMILES string of the molecule is CC1CCc2cc3ncccc3cc2C1. The van der Waals surface area contributed by atoms with Crippen molar-refractivity contribution in [2.45, 2.75) is 26.2 Å². The molecule has 1 aliphatic carbocycles. The first-order chi connectivity index (χ1) is 7.33. The number of hydrogen-bond acceptors (Lipinski definition) is 1. The zero-order valence-electron chi connectivity index (χ0n) is 9.03. The van der Waals surface area contributed by atoms with Gasteiger partial charge < -0.3 is 0 Å². The van der Waals surface area contributed by atoms with Gasteiger partial charge >= 0.3 is 0 Å². The second-order valence-corrected chi connectivity index (χ2v) is 4.66. The first kappa shape index (κ1) is 8.90. The van der Waals surface area contributed by atoms with Crippen molar-refractivity contribution in [2.24, 2.45) is 5.92 Å². The summed E-state index contributed by atoms with van der Waals surface area (Å²) in [7, 11) is 0. The van der Waals surface area contributed by atoms with E-state index >= 15 is 0 Å². The lowest BCUT2D eigenvalue weighted by Crippen LogP contribution is -2.11. The van der Waals surface area contributed by atoms with E-state index in [9.17, 15) is 0 Å². The Morgan fingerprint density at radius 3 is 3.13 bits per heavy atom. The summed E-state index contributed by atoms with van der Waals surface area (Å²) < 4.78 is 0. The molecule has 0 amide bonds. The molecule has 0 radical (unpaired) electrons. The Kier molecular flexibility index (Phi) is 1.98. The number of rotatable bonds is 0. The summed E-state index contributed by atoms with van der Waals surface area (Å²) in [6, 6.07) is 8.77. The lowest BCUT2D eigenvalue weighted by Gasteiger charge is -2.21. The number of pyridine rings is 1. The van der Waals surface area contributed by atoms with E-state index in [-0.39, 0.29) is 0 Å². The molecule has 1 aliphatic rings. The Morgan fingerprint density at radius 1 is 1.27 bits per heavy atom. The third-order valence-electron chi connectivity index (χ3n) is 3.40. The molecule has 1 heterocycles. The topological polar surface area (TPSA) is 12.9 Å². The molecule has 1 atom stereocenters. The Hall–Kier alpha value is -1.37. The van der Waals surface area contributed by atoms with Crippen molar-refractivity contribution in [3.63, 3.8) is 0 Å². The molecule has 15 heavy (non-hydrogen) atoms. The highest BCUT2D eigenvalue weighted by atomic mass is 14.6. The van der Waals surface area contributed by atoms with Crippen molar-refractivity contribution in [3.05, 3.63) is 41.6 Å². The minimum absolute atomic E-state index is 0.839. The summed E-state index contributed by atoms with van der Waals surface area (Å²) >= 11 is 0. The van der Waals surface area contributed by atoms with E-state index in [1.807, 2.05) is 12.3 Å². The number of benzene rings is 1. The van der Waals surface area contributed by atoms with Crippen molar-refractivity contribution < 1.29 is 0 Å². The van der Waals surface area contributed by atoms with E-state index in [1.165, 1.54) is 35.8 Å². The second-order valence-electron chi connectivity index (χ2n) is 4.66. The van der Waals surface area contributed by atoms with Crippen LogP contribution in [0.15, 0.2) is 30.5 Å². The van der Waals surface area contributed by atoms with Gasteiger partial charge in [-0.05, 0) is 54.5 Å². The van der Waals surface area contributed by atoms with Gasteiger partial charge in [0, 0.05) is 11.6 Å². The molecule has 0 N–H and O–H groups in total. The summed E-state index contributed by atoms with van der Waals surface area (Å²) in [5.74, 6) is 0.839. The maximum Gasteiger partial charge on any atom is 0.0704 e. The summed E-state index contributed by atoms with van der Waals surface area (Å²) in [4.78, 5) is 4.41. The van der Waals surface area contributed by atoms with Gasteiger partial charge in [-0.1, -0.05) is 13.0 Å². The van der Waals surface area contributed by atoms with Gasteiger partial charge in [-0.15, -0.1) is 0 Å². The van der Waals surface area contributed by atoms with Crippen LogP contribution < -0.4 is 0 Å². The molecule has 0 fully saturated rings. The molecule has 1 heteroatoms. The van der Waals surface area contributed by atoms with Gasteiger partial charge in [0.25, 0.3) is 0 Å².